The van der Waals surface area contributed by atoms with Crippen molar-refractivity contribution in [2.75, 3.05) is 0 Å². The minimum Gasteiger partial charge on any atom is -0.311 e. The summed E-state index contributed by atoms with van der Waals surface area (Å²) >= 11 is 0. The Morgan fingerprint density at radius 1 is 1.11 bits per heavy atom. The zero-order chi connectivity index (χ0) is 13.4. The number of rotatable bonds is 3. The quantitative estimate of drug-likeness (QED) is 0.841. The summed E-state index contributed by atoms with van der Waals surface area (Å²) < 4.78 is 0. The van der Waals surface area contributed by atoms with Crippen molar-refractivity contribution in [3.8, 4) is 0 Å². The van der Waals surface area contributed by atoms with Gasteiger partial charge in [-0.15, -0.1) is 0 Å². The first-order valence-electron chi connectivity index (χ1n) is 7.47. The lowest BCUT2D eigenvalue weighted by Gasteiger charge is -2.28. The van der Waals surface area contributed by atoms with E-state index in [0.717, 1.165) is 12.0 Å². The summed E-state index contributed by atoms with van der Waals surface area (Å²) in [4.78, 5) is 12.4. The molecule has 0 radical (unpaired) electrons. The number of nitrogens with one attached hydrogen (secondary N) is 1. The van der Waals surface area contributed by atoms with E-state index in [2.05, 4.69) is 25.2 Å². The van der Waals surface area contributed by atoms with Gasteiger partial charge in [0.15, 0.2) is 5.78 Å². The van der Waals surface area contributed by atoms with Gasteiger partial charge in [-0.1, -0.05) is 17.2 Å². The van der Waals surface area contributed by atoms with E-state index in [1.807, 2.05) is 12.1 Å². The molecule has 2 unspecified atom stereocenters. The number of hydrogen-bond acceptors (Lipinski definition) is 2. The smallest absolute Gasteiger partial charge is 0.163 e. The molecule has 0 aromatic heterocycles. The second kappa shape index (κ2) is 5.09. The van der Waals surface area contributed by atoms with Crippen LogP contribution in [0.5, 0.6) is 0 Å². The largest absolute Gasteiger partial charge is 0.311 e. The highest BCUT2D eigenvalue weighted by atomic mass is 16.1. The second-order valence-corrected chi connectivity index (χ2v) is 6.48. The van der Waals surface area contributed by atoms with Crippen molar-refractivity contribution >= 4 is 5.78 Å². The Balaban J connectivity index is 1.67. The van der Waals surface area contributed by atoms with Crippen LogP contribution in [0.2, 0.25) is 0 Å². The number of ketones is 1. The van der Waals surface area contributed by atoms with E-state index in [9.17, 15) is 4.79 Å². The standard InChI is InChI=1S/C17H23NO/c1-11-5-12(2)7-14(6-11)17(19)10-13-8-15-3-4-16(9-13)18-15/h5-7,13,15-16,18H,3-4,8-10H2,1-2H3. The Hall–Kier alpha value is -1.15. The minimum absolute atomic E-state index is 0.332. The summed E-state index contributed by atoms with van der Waals surface area (Å²) in [5.74, 6) is 0.921. The van der Waals surface area contributed by atoms with Gasteiger partial charge in [0.1, 0.15) is 0 Å². The van der Waals surface area contributed by atoms with Crippen LogP contribution in [0.4, 0.5) is 0 Å². The molecule has 3 rings (SSSR count). The molecule has 2 aliphatic rings. The normalized spacial score (nSPS) is 29.5. The van der Waals surface area contributed by atoms with Crippen molar-refractivity contribution in [1.29, 1.82) is 0 Å². The van der Waals surface area contributed by atoms with Crippen LogP contribution in [0.15, 0.2) is 18.2 Å². The first-order valence-corrected chi connectivity index (χ1v) is 7.47. The highest BCUT2D eigenvalue weighted by molar-refractivity contribution is 5.96. The summed E-state index contributed by atoms with van der Waals surface area (Å²) in [7, 11) is 0. The highest BCUT2D eigenvalue weighted by Gasteiger charge is 2.34. The average molecular weight is 257 g/mol. The molecule has 2 saturated heterocycles. The first-order chi connectivity index (χ1) is 9.10. The summed E-state index contributed by atoms with van der Waals surface area (Å²) in [6.07, 6.45) is 5.72. The van der Waals surface area contributed by atoms with Crippen LogP contribution in [0.25, 0.3) is 0 Å². The third kappa shape index (κ3) is 2.89. The van der Waals surface area contributed by atoms with E-state index in [0.29, 0.717) is 23.8 Å². The molecule has 102 valence electrons. The molecular formula is C17H23NO. The van der Waals surface area contributed by atoms with Crippen molar-refractivity contribution in [3.63, 3.8) is 0 Å². The van der Waals surface area contributed by atoms with Crippen LogP contribution in [-0.4, -0.2) is 17.9 Å². The van der Waals surface area contributed by atoms with Gasteiger partial charge in [-0.3, -0.25) is 4.79 Å². The number of Topliss-reactive ketones (excluding diaryl/α,β-unsaturated/α-hetero) is 1. The van der Waals surface area contributed by atoms with E-state index in [-0.39, 0.29) is 0 Å². The van der Waals surface area contributed by atoms with Gasteiger partial charge < -0.3 is 5.32 Å². The van der Waals surface area contributed by atoms with E-state index < -0.39 is 0 Å². The molecule has 19 heavy (non-hydrogen) atoms. The third-order valence-electron chi connectivity index (χ3n) is 4.59. The zero-order valence-electron chi connectivity index (χ0n) is 11.9. The number of aryl methyl sites for hydroxylation is 2. The topological polar surface area (TPSA) is 29.1 Å². The maximum absolute atomic E-state index is 12.4. The molecule has 2 aliphatic heterocycles. The molecule has 2 fully saturated rings. The van der Waals surface area contributed by atoms with Crippen LogP contribution < -0.4 is 5.32 Å². The predicted octanol–water partition coefficient (Wildman–Crippen LogP) is 3.41. The number of carbonyl (C=O) groups excluding carboxylic acids is 1. The SMILES string of the molecule is Cc1cc(C)cc(C(=O)CC2CC3CCC(C2)N3)c1. The van der Waals surface area contributed by atoms with Crippen LogP contribution in [0, 0.1) is 19.8 Å². The van der Waals surface area contributed by atoms with E-state index in [1.54, 1.807) is 0 Å². The summed E-state index contributed by atoms with van der Waals surface area (Å²) in [6, 6.07) is 7.55. The maximum Gasteiger partial charge on any atom is 0.163 e. The van der Waals surface area contributed by atoms with Crippen molar-refractivity contribution < 1.29 is 4.79 Å². The molecule has 1 N–H and O–H groups in total. The lowest BCUT2D eigenvalue weighted by atomic mass is 9.86. The lowest BCUT2D eigenvalue weighted by Crippen LogP contribution is -2.38. The van der Waals surface area contributed by atoms with Crippen molar-refractivity contribution in [2.24, 2.45) is 5.92 Å². The van der Waals surface area contributed by atoms with E-state index in [1.165, 1.54) is 36.8 Å². The molecule has 2 atom stereocenters. The van der Waals surface area contributed by atoms with Crippen LogP contribution >= 0.6 is 0 Å². The fourth-order valence-electron chi connectivity index (χ4n) is 3.86. The molecule has 0 spiro atoms. The molecule has 0 amide bonds. The van der Waals surface area contributed by atoms with Gasteiger partial charge in [0.2, 0.25) is 0 Å². The Morgan fingerprint density at radius 2 is 1.68 bits per heavy atom. The van der Waals surface area contributed by atoms with Crippen molar-refractivity contribution in [1.82, 2.24) is 5.32 Å². The zero-order valence-corrected chi connectivity index (χ0v) is 11.9. The molecule has 1 aromatic rings. The van der Waals surface area contributed by atoms with Crippen molar-refractivity contribution in [2.45, 2.75) is 58.0 Å². The number of benzene rings is 1. The number of hydrogen-bond donors (Lipinski definition) is 1. The van der Waals surface area contributed by atoms with Gasteiger partial charge in [-0.2, -0.15) is 0 Å². The lowest BCUT2D eigenvalue weighted by molar-refractivity contribution is 0.0945. The predicted molar refractivity (Wildman–Crippen MR) is 77.5 cm³/mol. The summed E-state index contributed by atoms with van der Waals surface area (Å²) in [5, 5.41) is 3.64. The molecular weight excluding hydrogens is 234 g/mol. The molecule has 2 bridgehead atoms. The number of piperidine rings is 1. The van der Waals surface area contributed by atoms with Crippen LogP contribution in [0.3, 0.4) is 0 Å². The third-order valence-corrected chi connectivity index (χ3v) is 4.59. The Morgan fingerprint density at radius 3 is 2.26 bits per heavy atom. The summed E-state index contributed by atoms with van der Waals surface area (Å²) in [6.45, 7) is 4.13. The van der Waals surface area contributed by atoms with Gasteiger partial charge in [-0.05, 0) is 57.6 Å². The van der Waals surface area contributed by atoms with Gasteiger partial charge >= 0.3 is 0 Å². The first kappa shape index (κ1) is 12.9. The Labute approximate surface area is 115 Å². The van der Waals surface area contributed by atoms with Crippen LogP contribution in [-0.2, 0) is 0 Å². The second-order valence-electron chi connectivity index (χ2n) is 6.48. The van der Waals surface area contributed by atoms with Crippen LogP contribution in [0.1, 0.15) is 53.6 Å². The molecule has 2 heterocycles. The average Bonchev–Trinajstić information content (AvgIpc) is 2.67. The molecule has 2 nitrogen and oxygen atoms in total. The molecule has 1 aromatic carbocycles. The van der Waals surface area contributed by atoms with E-state index in [4.69, 9.17) is 0 Å². The monoisotopic (exact) mass is 257 g/mol. The fourth-order valence-corrected chi connectivity index (χ4v) is 3.86. The molecule has 0 saturated carbocycles. The number of carbonyl (C=O) groups is 1. The fraction of sp³-hybridized carbons (Fsp3) is 0.588. The Bertz CT molecular complexity index is 462. The molecule has 2 heteroatoms. The van der Waals surface area contributed by atoms with Gasteiger partial charge in [-0.25, -0.2) is 0 Å². The maximum atomic E-state index is 12.4. The molecule has 0 aliphatic carbocycles. The number of fused-ring (bicyclic) bond motifs is 2. The van der Waals surface area contributed by atoms with Gasteiger partial charge in [0.05, 0.1) is 0 Å². The van der Waals surface area contributed by atoms with Crippen molar-refractivity contribution in [3.05, 3.63) is 34.9 Å². The van der Waals surface area contributed by atoms with E-state index >= 15 is 0 Å². The van der Waals surface area contributed by atoms with Gasteiger partial charge in [0.25, 0.3) is 0 Å². The summed E-state index contributed by atoms with van der Waals surface area (Å²) in [5.41, 5.74) is 3.28. The highest BCUT2D eigenvalue weighted by Crippen LogP contribution is 2.33. The van der Waals surface area contributed by atoms with Gasteiger partial charge in [0, 0.05) is 24.1 Å². The minimum atomic E-state index is 0.332. The Kier molecular flexibility index (Phi) is 3.44.